The summed E-state index contributed by atoms with van der Waals surface area (Å²) in [5.41, 5.74) is 6.00. The molecule has 0 radical (unpaired) electrons. The van der Waals surface area contributed by atoms with E-state index in [0.717, 1.165) is 12.6 Å². The molecule has 2 unspecified atom stereocenters. The molecular formula is C16H31N3O. The second-order valence-electron chi connectivity index (χ2n) is 6.89. The predicted octanol–water partition coefficient (Wildman–Crippen LogP) is 1.44. The van der Waals surface area contributed by atoms with Crippen molar-refractivity contribution in [2.24, 2.45) is 5.73 Å². The van der Waals surface area contributed by atoms with Crippen LogP contribution in [-0.2, 0) is 4.74 Å². The first-order chi connectivity index (χ1) is 9.81. The molecule has 0 amide bonds. The highest BCUT2D eigenvalue weighted by Crippen LogP contribution is 2.21. The molecule has 0 saturated carbocycles. The Morgan fingerprint density at radius 2 is 1.90 bits per heavy atom. The summed E-state index contributed by atoms with van der Waals surface area (Å²) >= 11 is 0. The van der Waals surface area contributed by atoms with Crippen molar-refractivity contribution in [2.45, 2.75) is 63.1 Å². The number of hydrogen-bond acceptors (Lipinski definition) is 4. The minimum absolute atomic E-state index is 0.454. The van der Waals surface area contributed by atoms with Gasteiger partial charge in [0.15, 0.2) is 0 Å². The van der Waals surface area contributed by atoms with Gasteiger partial charge in [0.2, 0.25) is 0 Å². The molecule has 0 aromatic heterocycles. The van der Waals surface area contributed by atoms with Crippen LogP contribution in [0.15, 0.2) is 0 Å². The van der Waals surface area contributed by atoms with Crippen LogP contribution >= 0.6 is 0 Å². The highest BCUT2D eigenvalue weighted by molar-refractivity contribution is 4.86. The van der Waals surface area contributed by atoms with E-state index in [4.69, 9.17) is 10.5 Å². The Balaban J connectivity index is 1.32. The van der Waals surface area contributed by atoms with Gasteiger partial charge in [0.25, 0.3) is 0 Å². The third kappa shape index (κ3) is 3.94. The highest BCUT2D eigenvalue weighted by atomic mass is 16.5. The number of nitrogens with zero attached hydrogens (tertiary/aromatic N) is 2. The molecule has 4 nitrogen and oxygen atoms in total. The van der Waals surface area contributed by atoms with Gasteiger partial charge >= 0.3 is 0 Å². The van der Waals surface area contributed by atoms with Crippen LogP contribution < -0.4 is 5.73 Å². The summed E-state index contributed by atoms with van der Waals surface area (Å²) in [6.45, 7) is 7.27. The topological polar surface area (TPSA) is 41.7 Å². The normalized spacial score (nSPS) is 34.0. The molecule has 3 heterocycles. The summed E-state index contributed by atoms with van der Waals surface area (Å²) in [7, 11) is 0. The van der Waals surface area contributed by atoms with Crippen molar-refractivity contribution in [1.82, 2.24) is 9.80 Å². The fourth-order valence-corrected chi connectivity index (χ4v) is 4.01. The Morgan fingerprint density at radius 3 is 2.65 bits per heavy atom. The third-order valence-electron chi connectivity index (χ3n) is 5.36. The van der Waals surface area contributed by atoms with Gasteiger partial charge in [-0.05, 0) is 71.1 Å². The monoisotopic (exact) mass is 281 g/mol. The lowest BCUT2D eigenvalue weighted by Crippen LogP contribution is -2.46. The van der Waals surface area contributed by atoms with E-state index in [2.05, 4.69) is 9.80 Å². The zero-order valence-electron chi connectivity index (χ0n) is 12.8. The van der Waals surface area contributed by atoms with Gasteiger partial charge in [-0.15, -0.1) is 0 Å². The van der Waals surface area contributed by atoms with Crippen LogP contribution in [0.25, 0.3) is 0 Å². The standard InChI is InChI=1S/C16H31N3O/c17-14-5-10-19(11-6-14)15-7-9-18(13-15)8-1-3-16-4-2-12-20-16/h14-16H,1-13,17H2. The molecule has 0 aromatic rings. The van der Waals surface area contributed by atoms with Crippen LogP contribution in [0, 0.1) is 0 Å². The maximum absolute atomic E-state index is 6.00. The Kier molecular flexibility index (Phi) is 5.32. The maximum atomic E-state index is 6.00. The van der Waals surface area contributed by atoms with E-state index in [1.54, 1.807) is 0 Å². The van der Waals surface area contributed by atoms with Gasteiger partial charge in [0.1, 0.15) is 0 Å². The van der Waals surface area contributed by atoms with Crippen LogP contribution in [0.1, 0.15) is 44.9 Å². The van der Waals surface area contributed by atoms with Gasteiger partial charge in [-0.25, -0.2) is 0 Å². The van der Waals surface area contributed by atoms with Gasteiger partial charge in [-0.3, -0.25) is 4.90 Å². The molecule has 3 fully saturated rings. The smallest absolute Gasteiger partial charge is 0.0576 e. The van der Waals surface area contributed by atoms with Crippen LogP contribution in [0.3, 0.4) is 0 Å². The van der Waals surface area contributed by atoms with Gasteiger partial charge in [-0.1, -0.05) is 0 Å². The van der Waals surface area contributed by atoms with E-state index >= 15 is 0 Å². The quantitative estimate of drug-likeness (QED) is 0.828. The van der Waals surface area contributed by atoms with Gasteiger partial charge < -0.3 is 15.4 Å². The van der Waals surface area contributed by atoms with E-state index in [1.807, 2.05) is 0 Å². The minimum Gasteiger partial charge on any atom is -0.378 e. The first kappa shape index (κ1) is 14.8. The Bertz CT molecular complexity index is 285. The summed E-state index contributed by atoms with van der Waals surface area (Å²) in [6, 6.07) is 1.25. The Morgan fingerprint density at radius 1 is 1.05 bits per heavy atom. The van der Waals surface area contributed by atoms with Crippen molar-refractivity contribution in [3.8, 4) is 0 Å². The van der Waals surface area contributed by atoms with E-state index in [0.29, 0.717) is 12.1 Å². The fourth-order valence-electron chi connectivity index (χ4n) is 4.01. The Hall–Kier alpha value is -0.160. The molecular weight excluding hydrogens is 250 g/mol. The molecule has 4 heteroatoms. The number of piperidine rings is 1. The van der Waals surface area contributed by atoms with Crippen molar-refractivity contribution in [2.75, 3.05) is 39.3 Å². The molecule has 2 N–H and O–H groups in total. The first-order valence-corrected chi connectivity index (χ1v) is 8.65. The third-order valence-corrected chi connectivity index (χ3v) is 5.36. The number of rotatable bonds is 5. The van der Waals surface area contributed by atoms with Gasteiger partial charge in [0.05, 0.1) is 6.10 Å². The summed E-state index contributed by atoms with van der Waals surface area (Å²) in [5.74, 6) is 0. The molecule has 2 atom stereocenters. The zero-order chi connectivity index (χ0) is 13.8. The molecule has 3 aliphatic rings. The van der Waals surface area contributed by atoms with Crippen LogP contribution in [0.2, 0.25) is 0 Å². The summed E-state index contributed by atoms with van der Waals surface area (Å²) in [5, 5.41) is 0. The first-order valence-electron chi connectivity index (χ1n) is 8.65. The van der Waals surface area contributed by atoms with Crippen molar-refractivity contribution < 1.29 is 4.74 Å². The average molecular weight is 281 g/mol. The zero-order valence-corrected chi connectivity index (χ0v) is 12.8. The lowest BCUT2D eigenvalue weighted by molar-refractivity contribution is 0.0989. The molecule has 20 heavy (non-hydrogen) atoms. The van der Waals surface area contributed by atoms with E-state index in [9.17, 15) is 0 Å². The van der Waals surface area contributed by atoms with Crippen molar-refractivity contribution in [1.29, 1.82) is 0 Å². The number of nitrogens with two attached hydrogens (primary N) is 1. The molecule has 3 saturated heterocycles. The SMILES string of the molecule is NC1CCN(C2CCN(CCCC3CCCO3)C2)CC1. The summed E-state index contributed by atoms with van der Waals surface area (Å²) < 4.78 is 5.71. The Labute approximate surface area is 123 Å². The van der Waals surface area contributed by atoms with Crippen LogP contribution in [0.4, 0.5) is 0 Å². The van der Waals surface area contributed by atoms with E-state index in [1.165, 1.54) is 77.7 Å². The summed E-state index contributed by atoms with van der Waals surface area (Å²) in [4.78, 5) is 5.34. The van der Waals surface area contributed by atoms with Crippen molar-refractivity contribution >= 4 is 0 Å². The van der Waals surface area contributed by atoms with E-state index in [-0.39, 0.29) is 0 Å². The molecule has 3 rings (SSSR count). The van der Waals surface area contributed by atoms with E-state index < -0.39 is 0 Å². The maximum Gasteiger partial charge on any atom is 0.0576 e. The lowest BCUT2D eigenvalue weighted by Gasteiger charge is -2.34. The molecule has 116 valence electrons. The van der Waals surface area contributed by atoms with Crippen molar-refractivity contribution in [3.05, 3.63) is 0 Å². The molecule has 0 bridgehead atoms. The van der Waals surface area contributed by atoms with Crippen LogP contribution in [0.5, 0.6) is 0 Å². The van der Waals surface area contributed by atoms with Gasteiger partial charge in [0, 0.05) is 25.2 Å². The number of hydrogen-bond donors (Lipinski definition) is 1. The van der Waals surface area contributed by atoms with Gasteiger partial charge in [-0.2, -0.15) is 0 Å². The predicted molar refractivity (Wildman–Crippen MR) is 81.8 cm³/mol. The number of ether oxygens (including phenoxy) is 1. The molecule has 3 aliphatic heterocycles. The molecule has 0 aromatic carbocycles. The fraction of sp³-hybridized carbons (Fsp3) is 1.00. The number of likely N-dealkylation sites (tertiary alicyclic amines) is 2. The second kappa shape index (κ2) is 7.21. The average Bonchev–Trinajstić information content (AvgIpc) is 3.11. The second-order valence-corrected chi connectivity index (χ2v) is 6.89. The largest absolute Gasteiger partial charge is 0.378 e. The lowest BCUT2D eigenvalue weighted by atomic mass is 10.0. The summed E-state index contributed by atoms with van der Waals surface area (Å²) in [6.07, 6.45) is 9.43. The minimum atomic E-state index is 0.454. The highest BCUT2D eigenvalue weighted by Gasteiger charge is 2.29. The van der Waals surface area contributed by atoms with Crippen molar-refractivity contribution in [3.63, 3.8) is 0 Å². The molecule has 0 spiro atoms. The molecule has 0 aliphatic carbocycles. The van der Waals surface area contributed by atoms with Crippen LogP contribution in [-0.4, -0.2) is 67.3 Å².